The molecule has 31 heavy (non-hydrogen) atoms. The van der Waals surface area contributed by atoms with Crippen molar-refractivity contribution in [1.29, 1.82) is 0 Å². The van der Waals surface area contributed by atoms with E-state index in [1.807, 2.05) is 6.92 Å². The van der Waals surface area contributed by atoms with Gasteiger partial charge in [-0.05, 0) is 64.4 Å². The maximum absolute atomic E-state index is 12.8. The van der Waals surface area contributed by atoms with Crippen LogP contribution in [0.25, 0.3) is 11.3 Å². The van der Waals surface area contributed by atoms with Crippen molar-refractivity contribution in [3.05, 3.63) is 87.1 Å². The second kappa shape index (κ2) is 8.04. The number of hydrazone groups is 1. The normalized spacial score (nSPS) is 11.5. The lowest BCUT2D eigenvalue weighted by Gasteiger charge is -2.13. The van der Waals surface area contributed by atoms with Crippen LogP contribution >= 0.6 is 11.6 Å². The number of carbonyl (C=O) groups excluding carboxylic acids is 1. The average Bonchev–Trinajstić information content (AvgIpc) is 3.17. The number of hydrogen-bond donors (Lipinski definition) is 1. The molecule has 4 aromatic rings. The Morgan fingerprint density at radius 3 is 2.61 bits per heavy atom. The molecule has 0 atom stereocenters. The first kappa shape index (κ1) is 20.9. The standard InChI is InChI=1S/C24H24ClN5O/c1-14-6-8-21(15(2)10-14)30-16(3)11-19(18(30)5)12-26-28-24(31)23-17(4)27-22-9-7-20(25)13-29(22)23/h6-13H,1-5H3,(H,28,31)/b26-12+. The average molecular weight is 434 g/mol. The number of imidazole rings is 1. The first-order valence-electron chi connectivity index (χ1n) is 10.0. The SMILES string of the molecule is Cc1ccc(-n2c(C)cc(/C=N/NC(=O)c3c(C)nc4ccc(Cl)cn34)c2C)c(C)c1. The molecule has 1 aromatic carbocycles. The van der Waals surface area contributed by atoms with E-state index in [9.17, 15) is 4.79 Å². The summed E-state index contributed by atoms with van der Waals surface area (Å²) in [5, 5.41) is 4.73. The van der Waals surface area contributed by atoms with E-state index in [1.54, 1.807) is 35.9 Å². The van der Waals surface area contributed by atoms with Gasteiger partial charge in [-0.3, -0.25) is 9.20 Å². The van der Waals surface area contributed by atoms with Crippen LogP contribution < -0.4 is 5.43 Å². The zero-order valence-corrected chi connectivity index (χ0v) is 18.9. The van der Waals surface area contributed by atoms with Crippen LogP contribution in [0.3, 0.4) is 0 Å². The molecule has 1 N–H and O–H groups in total. The minimum absolute atomic E-state index is 0.341. The largest absolute Gasteiger partial charge is 0.318 e. The third kappa shape index (κ3) is 3.86. The highest BCUT2D eigenvalue weighted by Crippen LogP contribution is 2.23. The molecular formula is C24H24ClN5O. The number of nitrogens with zero attached hydrogens (tertiary/aromatic N) is 4. The Balaban J connectivity index is 1.60. The Hall–Kier alpha value is -3.38. The van der Waals surface area contributed by atoms with Gasteiger partial charge in [0.05, 0.1) is 16.9 Å². The van der Waals surface area contributed by atoms with Crippen molar-refractivity contribution in [3.8, 4) is 5.69 Å². The molecule has 0 radical (unpaired) electrons. The lowest BCUT2D eigenvalue weighted by atomic mass is 10.1. The van der Waals surface area contributed by atoms with E-state index in [-0.39, 0.29) is 5.91 Å². The quantitative estimate of drug-likeness (QED) is 0.360. The summed E-state index contributed by atoms with van der Waals surface area (Å²) in [5.41, 5.74) is 11.0. The Bertz CT molecular complexity index is 1350. The van der Waals surface area contributed by atoms with E-state index >= 15 is 0 Å². The van der Waals surface area contributed by atoms with Gasteiger partial charge in [0, 0.05) is 28.8 Å². The molecule has 4 rings (SSSR count). The zero-order valence-electron chi connectivity index (χ0n) is 18.2. The number of halogens is 1. The highest BCUT2D eigenvalue weighted by molar-refractivity contribution is 6.30. The van der Waals surface area contributed by atoms with Crippen molar-refractivity contribution in [2.75, 3.05) is 0 Å². The number of rotatable bonds is 4. The minimum atomic E-state index is -0.341. The molecule has 0 saturated heterocycles. The maximum Gasteiger partial charge on any atom is 0.290 e. The van der Waals surface area contributed by atoms with E-state index in [0.717, 1.165) is 22.6 Å². The third-order valence-electron chi connectivity index (χ3n) is 5.41. The minimum Gasteiger partial charge on any atom is -0.318 e. The summed E-state index contributed by atoms with van der Waals surface area (Å²) >= 11 is 6.08. The molecule has 3 aromatic heterocycles. The summed E-state index contributed by atoms with van der Waals surface area (Å²) in [5.74, 6) is -0.341. The van der Waals surface area contributed by atoms with E-state index in [4.69, 9.17) is 11.6 Å². The van der Waals surface area contributed by atoms with Crippen molar-refractivity contribution >= 4 is 29.4 Å². The Morgan fingerprint density at radius 2 is 1.87 bits per heavy atom. The molecule has 0 fully saturated rings. The first-order valence-corrected chi connectivity index (χ1v) is 10.4. The predicted octanol–water partition coefficient (Wildman–Crippen LogP) is 5.08. The lowest BCUT2D eigenvalue weighted by Crippen LogP contribution is -2.20. The maximum atomic E-state index is 12.8. The highest BCUT2D eigenvalue weighted by atomic mass is 35.5. The second-order valence-electron chi connectivity index (χ2n) is 7.77. The van der Waals surface area contributed by atoms with Crippen LogP contribution in [0.4, 0.5) is 0 Å². The molecular weight excluding hydrogens is 410 g/mol. The van der Waals surface area contributed by atoms with Gasteiger partial charge in [-0.1, -0.05) is 29.3 Å². The third-order valence-corrected chi connectivity index (χ3v) is 5.63. The van der Waals surface area contributed by atoms with Crippen LogP contribution in [0.15, 0.2) is 47.7 Å². The van der Waals surface area contributed by atoms with Crippen LogP contribution in [0.1, 0.15) is 44.3 Å². The van der Waals surface area contributed by atoms with Crippen molar-refractivity contribution in [2.24, 2.45) is 5.10 Å². The monoisotopic (exact) mass is 433 g/mol. The molecule has 0 bridgehead atoms. The van der Waals surface area contributed by atoms with Crippen LogP contribution in [-0.2, 0) is 0 Å². The highest BCUT2D eigenvalue weighted by Gasteiger charge is 2.17. The predicted molar refractivity (Wildman–Crippen MR) is 125 cm³/mol. The van der Waals surface area contributed by atoms with E-state index < -0.39 is 0 Å². The smallest absolute Gasteiger partial charge is 0.290 e. The number of benzene rings is 1. The van der Waals surface area contributed by atoms with Crippen molar-refractivity contribution in [3.63, 3.8) is 0 Å². The van der Waals surface area contributed by atoms with Gasteiger partial charge in [-0.25, -0.2) is 10.4 Å². The van der Waals surface area contributed by atoms with E-state index in [0.29, 0.717) is 22.1 Å². The van der Waals surface area contributed by atoms with Crippen LogP contribution in [-0.4, -0.2) is 26.1 Å². The molecule has 0 spiro atoms. The Labute approximate surface area is 186 Å². The summed E-state index contributed by atoms with van der Waals surface area (Å²) in [6, 6.07) is 12.0. The first-order chi connectivity index (χ1) is 14.8. The molecule has 3 heterocycles. The van der Waals surface area contributed by atoms with Crippen LogP contribution in [0, 0.1) is 34.6 Å². The number of amides is 1. The molecule has 0 unspecified atom stereocenters. The number of carbonyl (C=O) groups is 1. The summed E-state index contributed by atoms with van der Waals surface area (Å²) in [7, 11) is 0. The van der Waals surface area contributed by atoms with Gasteiger partial charge in [0.15, 0.2) is 0 Å². The number of nitrogens with one attached hydrogen (secondary N) is 1. The summed E-state index contributed by atoms with van der Waals surface area (Å²) in [6.07, 6.45) is 3.35. The fourth-order valence-corrected chi connectivity index (χ4v) is 4.13. The molecule has 6 nitrogen and oxygen atoms in total. The number of fused-ring (bicyclic) bond motifs is 1. The molecule has 0 aliphatic rings. The fourth-order valence-electron chi connectivity index (χ4n) is 3.97. The van der Waals surface area contributed by atoms with Gasteiger partial charge >= 0.3 is 0 Å². The number of aromatic nitrogens is 3. The molecule has 0 aliphatic carbocycles. The van der Waals surface area contributed by atoms with Crippen molar-refractivity contribution < 1.29 is 4.79 Å². The summed E-state index contributed by atoms with van der Waals surface area (Å²) in [6.45, 7) is 10.1. The second-order valence-corrected chi connectivity index (χ2v) is 8.21. The molecule has 158 valence electrons. The lowest BCUT2D eigenvalue weighted by molar-refractivity contribution is 0.0948. The fraction of sp³-hybridized carbons (Fsp3) is 0.208. The molecule has 0 aliphatic heterocycles. The number of pyridine rings is 1. The van der Waals surface area contributed by atoms with Gasteiger partial charge in [-0.15, -0.1) is 0 Å². The van der Waals surface area contributed by atoms with Gasteiger partial charge in [-0.2, -0.15) is 5.10 Å². The van der Waals surface area contributed by atoms with Crippen molar-refractivity contribution in [1.82, 2.24) is 19.4 Å². The molecule has 7 heteroatoms. The summed E-state index contributed by atoms with van der Waals surface area (Å²) in [4.78, 5) is 17.2. The number of hydrogen-bond acceptors (Lipinski definition) is 3. The molecule has 0 saturated carbocycles. The number of aryl methyl sites for hydroxylation is 4. The Kier molecular flexibility index (Phi) is 5.41. The van der Waals surface area contributed by atoms with Gasteiger partial charge < -0.3 is 4.57 Å². The van der Waals surface area contributed by atoms with Crippen molar-refractivity contribution in [2.45, 2.75) is 34.6 Å². The zero-order chi connectivity index (χ0) is 22.3. The van der Waals surface area contributed by atoms with Crippen LogP contribution in [0.2, 0.25) is 5.02 Å². The van der Waals surface area contributed by atoms with E-state index in [1.165, 1.54) is 11.1 Å². The van der Waals surface area contributed by atoms with E-state index in [2.05, 4.69) is 65.1 Å². The van der Waals surface area contributed by atoms with Gasteiger partial charge in [0.1, 0.15) is 11.3 Å². The van der Waals surface area contributed by atoms with Gasteiger partial charge in [0.2, 0.25) is 0 Å². The summed E-state index contributed by atoms with van der Waals surface area (Å²) < 4.78 is 3.88. The van der Waals surface area contributed by atoms with Gasteiger partial charge in [0.25, 0.3) is 5.91 Å². The van der Waals surface area contributed by atoms with Crippen LogP contribution in [0.5, 0.6) is 0 Å². The topological polar surface area (TPSA) is 63.7 Å². The Morgan fingerprint density at radius 1 is 1.10 bits per heavy atom. The molecule has 1 amide bonds.